The van der Waals surface area contributed by atoms with Crippen LogP contribution < -0.4 is 23.7 Å². The molecule has 29 heavy (non-hydrogen) atoms. The summed E-state index contributed by atoms with van der Waals surface area (Å²) < 4.78 is 54.6. The van der Waals surface area contributed by atoms with Crippen molar-refractivity contribution in [1.29, 1.82) is 0 Å². The Balaban J connectivity index is 2.14. The fourth-order valence-corrected chi connectivity index (χ4v) is 4.19. The molecule has 0 fully saturated rings. The number of anilines is 1. The number of methoxy groups -OCH3 is 4. The van der Waals surface area contributed by atoms with Crippen LogP contribution in [0, 0.1) is 0 Å². The summed E-state index contributed by atoms with van der Waals surface area (Å²) in [5, 5.41) is 0. The van der Waals surface area contributed by atoms with Gasteiger partial charge in [0, 0.05) is 12.5 Å². The van der Waals surface area contributed by atoms with Crippen LogP contribution in [-0.2, 0) is 21.2 Å². The molecule has 1 N–H and O–H groups in total. The number of hydrogen-bond donors (Lipinski definition) is 1. The van der Waals surface area contributed by atoms with Crippen molar-refractivity contribution >= 4 is 21.7 Å². The number of sulfonamides is 1. The Hall–Kier alpha value is -3.14. The van der Waals surface area contributed by atoms with Crippen molar-refractivity contribution in [3.05, 3.63) is 35.4 Å². The molecule has 0 atom stereocenters. The number of hydrogen-bond acceptors (Lipinski definition) is 8. The third-order valence-electron chi connectivity index (χ3n) is 4.44. The molecule has 1 aliphatic rings. The lowest BCUT2D eigenvalue weighted by atomic mass is 10.1. The van der Waals surface area contributed by atoms with Gasteiger partial charge in [-0.3, -0.25) is 4.72 Å². The Morgan fingerprint density at radius 2 is 1.76 bits per heavy atom. The minimum Gasteiger partial charge on any atom is -0.493 e. The highest BCUT2D eigenvalue weighted by Crippen LogP contribution is 2.46. The van der Waals surface area contributed by atoms with Crippen LogP contribution in [0.3, 0.4) is 0 Å². The molecule has 1 aliphatic heterocycles. The minimum atomic E-state index is -4.07. The number of benzene rings is 2. The highest BCUT2D eigenvalue weighted by atomic mass is 32.2. The van der Waals surface area contributed by atoms with Crippen molar-refractivity contribution in [2.24, 2.45) is 0 Å². The van der Waals surface area contributed by atoms with Crippen molar-refractivity contribution in [1.82, 2.24) is 0 Å². The molecular formula is C19H21NO8S. The number of ether oxygens (including phenoxy) is 5. The predicted octanol–water partition coefficient (Wildman–Crippen LogP) is 2.23. The second-order valence-electron chi connectivity index (χ2n) is 6.03. The minimum absolute atomic E-state index is 0.0136. The van der Waals surface area contributed by atoms with E-state index < -0.39 is 16.0 Å². The monoisotopic (exact) mass is 423 g/mol. The first-order chi connectivity index (χ1) is 13.9. The van der Waals surface area contributed by atoms with E-state index in [-0.39, 0.29) is 33.4 Å². The molecule has 0 unspecified atom stereocenters. The Morgan fingerprint density at radius 1 is 1.03 bits per heavy atom. The number of rotatable bonds is 7. The molecule has 0 spiro atoms. The van der Waals surface area contributed by atoms with Crippen LogP contribution in [0.15, 0.2) is 29.2 Å². The molecule has 0 bridgehead atoms. The molecule has 156 valence electrons. The first-order valence-corrected chi connectivity index (χ1v) is 10.0. The van der Waals surface area contributed by atoms with E-state index in [0.717, 1.165) is 5.56 Å². The number of carbonyl (C=O) groups excluding carboxylic acids is 1. The molecule has 9 nitrogen and oxygen atoms in total. The highest BCUT2D eigenvalue weighted by molar-refractivity contribution is 7.92. The molecule has 3 rings (SSSR count). The van der Waals surface area contributed by atoms with E-state index in [0.29, 0.717) is 18.8 Å². The molecule has 0 amide bonds. The summed E-state index contributed by atoms with van der Waals surface area (Å²) in [5.41, 5.74) is 0.587. The van der Waals surface area contributed by atoms with Crippen LogP contribution in [0.5, 0.6) is 23.0 Å². The summed E-state index contributed by atoms with van der Waals surface area (Å²) in [6, 6.07) is 5.89. The molecule has 2 aromatic carbocycles. The van der Waals surface area contributed by atoms with E-state index in [1.54, 1.807) is 6.07 Å². The van der Waals surface area contributed by atoms with Gasteiger partial charge in [0.15, 0.2) is 11.5 Å². The summed E-state index contributed by atoms with van der Waals surface area (Å²) in [7, 11) is 1.20. The van der Waals surface area contributed by atoms with Crippen LogP contribution in [-0.4, -0.2) is 49.4 Å². The van der Waals surface area contributed by atoms with Gasteiger partial charge in [-0.25, -0.2) is 13.2 Å². The number of esters is 1. The van der Waals surface area contributed by atoms with Crippen LogP contribution in [0.4, 0.5) is 5.69 Å². The summed E-state index contributed by atoms with van der Waals surface area (Å²) in [6.07, 6.45) is 0.617. The average molecular weight is 423 g/mol. The van der Waals surface area contributed by atoms with Gasteiger partial charge in [-0.1, -0.05) is 0 Å². The second-order valence-corrected chi connectivity index (χ2v) is 7.72. The lowest BCUT2D eigenvalue weighted by molar-refractivity contribution is 0.0601. The van der Waals surface area contributed by atoms with Crippen molar-refractivity contribution in [2.75, 3.05) is 39.8 Å². The number of nitrogens with one attached hydrogen (secondary N) is 1. The third-order valence-corrected chi connectivity index (χ3v) is 5.79. The van der Waals surface area contributed by atoms with Gasteiger partial charge in [0.1, 0.15) is 11.4 Å². The van der Waals surface area contributed by atoms with E-state index in [4.69, 9.17) is 23.7 Å². The molecule has 0 radical (unpaired) electrons. The second kappa shape index (κ2) is 8.08. The van der Waals surface area contributed by atoms with E-state index in [1.807, 2.05) is 0 Å². The fraction of sp³-hybridized carbons (Fsp3) is 0.316. The van der Waals surface area contributed by atoms with Gasteiger partial charge in [0.25, 0.3) is 10.0 Å². The molecule has 2 aromatic rings. The van der Waals surface area contributed by atoms with Gasteiger partial charge >= 0.3 is 5.97 Å². The van der Waals surface area contributed by atoms with Crippen molar-refractivity contribution in [3.8, 4) is 23.0 Å². The van der Waals surface area contributed by atoms with E-state index in [9.17, 15) is 13.2 Å². The Labute approximate surface area is 168 Å². The van der Waals surface area contributed by atoms with Crippen molar-refractivity contribution < 1.29 is 36.9 Å². The topological polar surface area (TPSA) is 109 Å². The van der Waals surface area contributed by atoms with Gasteiger partial charge in [0.05, 0.1) is 45.5 Å². The number of carbonyl (C=O) groups is 1. The Kier molecular flexibility index (Phi) is 5.73. The first kappa shape index (κ1) is 20.6. The van der Waals surface area contributed by atoms with Gasteiger partial charge in [-0.05, 0) is 23.8 Å². The van der Waals surface area contributed by atoms with Crippen molar-refractivity contribution in [3.63, 3.8) is 0 Å². The highest BCUT2D eigenvalue weighted by Gasteiger charge is 2.29. The summed E-state index contributed by atoms with van der Waals surface area (Å²) in [5.74, 6) is 0.178. The Bertz CT molecular complexity index is 1050. The molecule has 10 heteroatoms. The standard InChI is InChI=1S/C19H21NO8S/c1-24-15-10-13(19(21)27-4)16(18(26-3)17(15)25-2)20-29(22,23)12-5-6-14-11(9-12)7-8-28-14/h5-6,9-10,20H,7-8H2,1-4H3. The third kappa shape index (κ3) is 3.75. The molecule has 0 aliphatic carbocycles. The lowest BCUT2D eigenvalue weighted by Crippen LogP contribution is -2.18. The van der Waals surface area contributed by atoms with Gasteiger partial charge < -0.3 is 23.7 Å². The zero-order valence-electron chi connectivity index (χ0n) is 16.4. The fourth-order valence-electron chi connectivity index (χ4n) is 3.05. The summed E-state index contributed by atoms with van der Waals surface area (Å²) in [6.45, 7) is 0.502. The SMILES string of the molecule is COC(=O)c1cc(OC)c(OC)c(OC)c1NS(=O)(=O)c1ccc2c(c1)CCO2. The van der Waals surface area contributed by atoms with Crippen LogP contribution >= 0.6 is 0 Å². The van der Waals surface area contributed by atoms with E-state index >= 15 is 0 Å². The van der Waals surface area contributed by atoms with Crippen LogP contribution in [0.25, 0.3) is 0 Å². The summed E-state index contributed by atoms with van der Waals surface area (Å²) in [4.78, 5) is 12.3. The lowest BCUT2D eigenvalue weighted by Gasteiger charge is -2.19. The van der Waals surface area contributed by atoms with E-state index in [1.165, 1.54) is 46.6 Å². The zero-order chi connectivity index (χ0) is 21.2. The molecular weight excluding hydrogens is 402 g/mol. The normalized spacial score (nSPS) is 12.6. The zero-order valence-corrected chi connectivity index (χ0v) is 17.2. The maximum Gasteiger partial charge on any atom is 0.340 e. The number of fused-ring (bicyclic) bond motifs is 1. The smallest absolute Gasteiger partial charge is 0.340 e. The molecule has 0 aromatic heterocycles. The maximum atomic E-state index is 13.1. The van der Waals surface area contributed by atoms with Crippen LogP contribution in [0.1, 0.15) is 15.9 Å². The predicted molar refractivity (Wildman–Crippen MR) is 104 cm³/mol. The molecule has 0 saturated heterocycles. The van der Waals surface area contributed by atoms with Crippen LogP contribution in [0.2, 0.25) is 0 Å². The van der Waals surface area contributed by atoms with Crippen molar-refractivity contribution in [2.45, 2.75) is 11.3 Å². The van der Waals surface area contributed by atoms with E-state index in [2.05, 4.69) is 4.72 Å². The summed E-state index contributed by atoms with van der Waals surface area (Å²) >= 11 is 0. The first-order valence-electron chi connectivity index (χ1n) is 8.56. The quantitative estimate of drug-likeness (QED) is 0.676. The molecule has 0 saturated carbocycles. The van der Waals surface area contributed by atoms with Gasteiger partial charge in [-0.15, -0.1) is 0 Å². The maximum absolute atomic E-state index is 13.1. The Morgan fingerprint density at radius 3 is 2.38 bits per heavy atom. The molecule has 1 heterocycles. The van der Waals surface area contributed by atoms with Gasteiger partial charge in [-0.2, -0.15) is 0 Å². The largest absolute Gasteiger partial charge is 0.493 e. The average Bonchev–Trinajstić information content (AvgIpc) is 3.20. The van der Waals surface area contributed by atoms with Gasteiger partial charge in [0.2, 0.25) is 5.75 Å².